The lowest BCUT2D eigenvalue weighted by molar-refractivity contribution is -0.144. The SMILES string of the molecule is C=CC[C@@H]1C(=O)O[C@H](CCC)C1=O. The van der Waals surface area contributed by atoms with Crippen LogP contribution in [-0.4, -0.2) is 17.9 Å². The fourth-order valence-corrected chi connectivity index (χ4v) is 1.46. The molecule has 3 nitrogen and oxygen atoms in total. The smallest absolute Gasteiger partial charge is 0.317 e. The van der Waals surface area contributed by atoms with E-state index in [0.29, 0.717) is 12.8 Å². The zero-order valence-corrected chi connectivity index (χ0v) is 7.79. The third-order valence-corrected chi connectivity index (χ3v) is 2.16. The second-order valence-corrected chi connectivity index (χ2v) is 3.19. The number of hydrogen-bond acceptors (Lipinski definition) is 3. The molecular weight excluding hydrogens is 168 g/mol. The summed E-state index contributed by atoms with van der Waals surface area (Å²) in [6, 6.07) is 0. The first-order valence-corrected chi connectivity index (χ1v) is 4.55. The van der Waals surface area contributed by atoms with E-state index in [9.17, 15) is 9.59 Å². The number of ether oxygens (including phenoxy) is 1. The van der Waals surface area contributed by atoms with Gasteiger partial charge in [-0.2, -0.15) is 0 Å². The molecule has 0 aliphatic carbocycles. The van der Waals surface area contributed by atoms with Crippen LogP contribution in [0, 0.1) is 5.92 Å². The van der Waals surface area contributed by atoms with E-state index in [4.69, 9.17) is 4.74 Å². The molecule has 0 saturated carbocycles. The van der Waals surface area contributed by atoms with E-state index in [1.54, 1.807) is 6.08 Å². The molecule has 2 atom stereocenters. The molecule has 0 amide bonds. The topological polar surface area (TPSA) is 43.4 Å². The first-order chi connectivity index (χ1) is 6.20. The third-order valence-electron chi connectivity index (χ3n) is 2.16. The molecule has 0 aromatic carbocycles. The number of carbonyl (C=O) groups is 2. The Hall–Kier alpha value is -1.12. The highest BCUT2D eigenvalue weighted by Crippen LogP contribution is 2.23. The zero-order valence-electron chi connectivity index (χ0n) is 7.79. The van der Waals surface area contributed by atoms with Crippen molar-refractivity contribution in [3.05, 3.63) is 12.7 Å². The molecule has 3 heteroatoms. The number of ketones is 1. The molecule has 1 aliphatic heterocycles. The Morgan fingerprint density at radius 3 is 2.77 bits per heavy atom. The lowest BCUT2D eigenvalue weighted by Crippen LogP contribution is -2.19. The molecule has 0 bridgehead atoms. The van der Waals surface area contributed by atoms with Gasteiger partial charge < -0.3 is 4.74 Å². The Balaban J connectivity index is 2.63. The second-order valence-electron chi connectivity index (χ2n) is 3.19. The average Bonchev–Trinajstić information content (AvgIpc) is 2.34. The van der Waals surface area contributed by atoms with Crippen molar-refractivity contribution in [2.45, 2.75) is 32.3 Å². The van der Waals surface area contributed by atoms with Gasteiger partial charge in [-0.1, -0.05) is 19.4 Å². The molecule has 1 fully saturated rings. The van der Waals surface area contributed by atoms with E-state index in [-0.39, 0.29) is 11.8 Å². The normalized spacial score (nSPS) is 27.5. The highest BCUT2D eigenvalue weighted by Gasteiger charge is 2.41. The largest absolute Gasteiger partial charge is 0.454 e. The van der Waals surface area contributed by atoms with E-state index < -0.39 is 12.0 Å². The second kappa shape index (κ2) is 4.21. The van der Waals surface area contributed by atoms with Crippen LogP contribution >= 0.6 is 0 Å². The van der Waals surface area contributed by atoms with Gasteiger partial charge in [-0.15, -0.1) is 6.58 Å². The van der Waals surface area contributed by atoms with Crippen molar-refractivity contribution < 1.29 is 14.3 Å². The van der Waals surface area contributed by atoms with Gasteiger partial charge in [0.2, 0.25) is 0 Å². The molecule has 0 radical (unpaired) electrons. The van der Waals surface area contributed by atoms with Crippen LogP contribution in [0.2, 0.25) is 0 Å². The molecule has 0 unspecified atom stereocenters. The molecule has 1 aliphatic rings. The van der Waals surface area contributed by atoms with Crippen LogP contribution in [0.25, 0.3) is 0 Å². The zero-order chi connectivity index (χ0) is 9.84. The summed E-state index contributed by atoms with van der Waals surface area (Å²) in [6.07, 6.45) is 2.97. The maximum Gasteiger partial charge on any atom is 0.317 e. The van der Waals surface area contributed by atoms with E-state index >= 15 is 0 Å². The lowest BCUT2D eigenvalue weighted by Gasteiger charge is -2.03. The monoisotopic (exact) mass is 182 g/mol. The average molecular weight is 182 g/mol. The highest BCUT2D eigenvalue weighted by molar-refractivity contribution is 6.06. The summed E-state index contributed by atoms with van der Waals surface area (Å²) in [6.45, 7) is 5.46. The summed E-state index contributed by atoms with van der Waals surface area (Å²) in [7, 11) is 0. The summed E-state index contributed by atoms with van der Waals surface area (Å²) in [5.41, 5.74) is 0. The van der Waals surface area contributed by atoms with Crippen molar-refractivity contribution in [3.63, 3.8) is 0 Å². The third kappa shape index (κ3) is 1.97. The highest BCUT2D eigenvalue weighted by atomic mass is 16.6. The van der Waals surface area contributed by atoms with Crippen LogP contribution in [0.3, 0.4) is 0 Å². The summed E-state index contributed by atoms with van der Waals surface area (Å²) in [4.78, 5) is 22.7. The minimum absolute atomic E-state index is 0.0771. The number of esters is 1. The molecule has 0 aromatic heterocycles. The molecule has 1 rings (SSSR count). The molecule has 1 heterocycles. The van der Waals surface area contributed by atoms with Crippen LogP contribution in [0.5, 0.6) is 0 Å². The number of rotatable bonds is 4. The Labute approximate surface area is 77.8 Å². The van der Waals surface area contributed by atoms with Crippen molar-refractivity contribution in [1.29, 1.82) is 0 Å². The Morgan fingerprint density at radius 1 is 1.54 bits per heavy atom. The van der Waals surface area contributed by atoms with E-state index in [2.05, 4.69) is 6.58 Å². The maximum atomic E-state index is 11.5. The molecule has 13 heavy (non-hydrogen) atoms. The van der Waals surface area contributed by atoms with Gasteiger partial charge in [0, 0.05) is 0 Å². The predicted molar refractivity (Wildman–Crippen MR) is 48.1 cm³/mol. The summed E-state index contributed by atoms with van der Waals surface area (Å²) in [5.74, 6) is -1.05. The first-order valence-electron chi connectivity index (χ1n) is 4.55. The van der Waals surface area contributed by atoms with Crippen LogP contribution in [0.1, 0.15) is 26.2 Å². The molecular formula is C10H14O3. The number of cyclic esters (lactones) is 1. The van der Waals surface area contributed by atoms with E-state index in [1.165, 1.54) is 0 Å². The fraction of sp³-hybridized carbons (Fsp3) is 0.600. The minimum Gasteiger partial charge on any atom is -0.454 e. The number of carbonyl (C=O) groups excluding carboxylic acids is 2. The van der Waals surface area contributed by atoms with Crippen LogP contribution in [0.15, 0.2) is 12.7 Å². The van der Waals surface area contributed by atoms with Gasteiger partial charge in [-0.25, -0.2) is 0 Å². The maximum absolute atomic E-state index is 11.5. The van der Waals surface area contributed by atoms with Gasteiger partial charge in [0.15, 0.2) is 11.9 Å². The van der Waals surface area contributed by atoms with Crippen molar-refractivity contribution in [1.82, 2.24) is 0 Å². The minimum atomic E-state index is -0.589. The van der Waals surface area contributed by atoms with E-state index in [1.807, 2.05) is 6.92 Å². The van der Waals surface area contributed by atoms with E-state index in [0.717, 1.165) is 6.42 Å². The van der Waals surface area contributed by atoms with Crippen molar-refractivity contribution >= 4 is 11.8 Å². The van der Waals surface area contributed by atoms with Gasteiger partial charge in [0.25, 0.3) is 0 Å². The predicted octanol–water partition coefficient (Wildman–Crippen LogP) is 1.47. The van der Waals surface area contributed by atoms with Gasteiger partial charge in [-0.05, 0) is 12.8 Å². The first kappa shape index (κ1) is 9.96. The fourth-order valence-electron chi connectivity index (χ4n) is 1.46. The summed E-state index contributed by atoms with van der Waals surface area (Å²) >= 11 is 0. The van der Waals surface area contributed by atoms with Gasteiger partial charge in [-0.3, -0.25) is 9.59 Å². The Bertz CT molecular complexity index is 232. The quantitative estimate of drug-likeness (QED) is 0.375. The lowest BCUT2D eigenvalue weighted by atomic mass is 9.98. The number of hydrogen-bond donors (Lipinski definition) is 0. The number of allylic oxidation sites excluding steroid dienone is 1. The molecule has 0 N–H and O–H groups in total. The van der Waals surface area contributed by atoms with Crippen molar-refractivity contribution in [3.8, 4) is 0 Å². The molecule has 1 saturated heterocycles. The van der Waals surface area contributed by atoms with Crippen LogP contribution in [0.4, 0.5) is 0 Å². The molecule has 0 aromatic rings. The van der Waals surface area contributed by atoms with Gasteiger partial charge in [0.05, 0.1) is 0 Å². The molecule has 0 spiro atoms. The van der Waals surface area contributed by atoms with Crippen molar-refractivity contribution in [2.75, 3.05) is 0 Å². The molecule has 72 valence electrons. The van der Waals surface area contributed by atoms with Crippen molar-refractivity contribution in [2.24, 2.45) is 5.92 Å². The van der Waals surface area contributed by atoms with Crippen LogP contribution in [-0.2, 0) is 14.3 Å². The van der Waals surface area contributed by atoms with Gasteiger partial charge >= 0.3 is 5.97 Å². The Kier molecular flexibility index (Phi) is 3.23. The number of Topliss-reactive ketones (excluding diaryl/α,β-unsaturated/α-hetero) is 1. The van der Waals surface area contributed by atoms with Crippen LogP contribution < -0.4 is 0 Å². The standard InChI is InChI=1S/C10H14O3/c1-3-5-7-9(11)8(6-4-2)13-10(7)12/h3,7-8H,1,4-6H2,2H3/t7-,8+/m0/s1. The Morgan fingerprint density at radius 2 is 2.23 bits per heavy atom. The summed E-state index contributed by atoms with van der Waals surface area (Å²) in [5, 5.41) is 0. The summed E-state index contributed by atoms with van der Waals surface area (Å²) < 4.78 is 4.94. The van der Waals surface area contributed by atoms with Gasteiger partial charge in [0.1, 0.15) is 5.92 Å².